The molecule has 0 saturated heterocycles. The molecule has 0 amide bonds. The predicted octanol–water partition coefficient (Wildman–Crippen LogP) is 2.30. The van der Waals surface area contributed by atoms with Gasteiger partial charge in [0.15, 0.2) is 0 Å². The van der Waals surface area contributed by atoms with Crippen LogP contribution < -0.4 is 0 Å². The van der Waals surface area contributed by atoms with Crippen LogP contribution in [0.3, 0.4) is 0 Å². The molecule has 3 nitrogen and oxygen atoms in total. The Balaban J connectivity index is 0.000000180. The lowest BCUT2D eigenvalue weighted by Crippen LogP contribution is -1.63. The highest BCUT2D eigenvalue weighted by Crippen LogP contribution is 1.79. The zero-order valence-electron chi connectivity index (χ0n) is 5.11. The zero-order valence-corrected chi connectivity index (χ0v) is 7.26. The van der Waals surface area contributed by atoms with Crippen LogP contribution in [0.15, 0.2) is 36.4 Å². The molecule has 54 valence electrons. The van der Waals surface area contributed by atoms with Gasteiger partial charge in [-0.1, -0.05) is 36.4 Å². The monoisotopic (exact) mass is 251 g/mol. The third kappa shape index (κ3) is 10.4. The van der Waals surface area contributed by atoms with Crippen molar-refractivity contribution >= 4 is 22.9 Å². The first-order valence-corrected chi connectivity index (χ1v) is 3.50. The maximum absolute atomic E-state index is 8.79. The first-order chi connectivity index (χ1) is 4.73. The Hall–Kier alpha value is -0.650. The molecular weight excluding hydrogens is 245 g/mol. The first-order valence-electron chi connectivity index (χ1n) is 2.53. The van der Waals surface area contributed by atoms with Gasteiger partial charge in [-0.25, -0.2) is 0 Å². The summed E-state index contributed by atoms with van der Waals surface area (Å²) in [4.78, 5) is 8.79. The molecule has 0 heterocycles. The molecule has 0 atom stereocenters. The second-order valence-electron chi connectivity index (χ2n) is 1.37. The van der Waals surface area contributed by atoms with E-state index in [2.05, 4.69) is 0 Å². The van der Waals surface area contributed by atoms with Gasteiger partial charge < -0.3 is 0 Å². The van der Waals surface area contributed by atoms with Crippen LogP contribution in [0.1, 0.15) is 0 Å². The van der Waals surface area contributed by atoms with Crippen LogP contribution in [-0.2, 0) is 0 Å². The summed E-state index contributed by atoms with van der Waals surface area (Å²) in [5.41, 5.74) is 0. The van der Waals surface area contributed by atoms with Gasteiger partial charge in [0, 0.05) is 0 Å². The van der Waals surface area contributed by atoms with Crippen LogP contribution >= 0.6 is 22.9 Å². The Morgan fingerprint density at radius 1 is 1.00 bits per heavy atom. The van der Waals surface area contributed by atoms with Gasteiger partial charge in [-0.15, -0.1) is 0 Å². The zero-order chi connectivity index (χ0) is 7.82. The first kappa shape index (κ1) is 9.35. The molecule has 0 bridgehead atoms. The van der Waals surface area contributed by atoms with Gasteiger partial charge in [-0.3, -0.25) is 10.1 Å². The molecule has 0 aliphatic heterocycles. The van der Waals surface area contributed by atoms with E-state index in [1.54, 1.807) is 0 Å². The average molecular weight is 251 g/mol. The van der Waals surface area contributed by atoms with E-state index >= 15 is 0 Å². The summed E-state index contributed by atoms with van der Waals surface area (Å²) in [6, 6.07) is 12.0. The van der Waals surface area contributed by atoms with Crippen molar-refractivity contribution in [1.82, 2.24) is 0 Å². The van der Waals surface area contributed by atoms with Crippen molar-refractivity contribution in [1.29, 1.82) is 0 Å². The van der Waals surface area contributed by atoms with E-state index in [0.29, 0.717) is 0 Å². The van der Waals surface area contributed by atoms with Gasteiger partial charge in [0.2, 0.25) is 0 Å². The van der Waals surface area contributed by atoms with Crippen LogP contribution in [0, 0.1) is 10.1 Å². The summed E-state index contributed by atoms with van der Waals surface area (Å²) in [5.74, 6) is 0. The number of hydrogen-bond donors (Lipinski definition) is 0. The molecular formula is C6H6INO2. The SMILES string of the molecule is O=[N+]([O-])I.c1ccccc1. The van der Waals surface area contributed by atoms with Crippen molar-refractivity contribution in [2.75, 3.05) is 0 Å². The Labute approximate surface area is 72.7 Å². The molecule has 1 aromatic carbocycles. The van der Waals surface area contributed by atoms with Crippen molar-refractivity contribution in [3.05, 3.63) is 46.5 Å². The smallest absolute Gasteiger partial charge is 0.256 e. The molecule has 0 aromatic heterocycles. The highest BCUT2D eigenvalue weighted by molar-refractivity contribution is 14.1. The third-order valence-electron chi connectivity index (χ3n) is 0.667. The molecule has 0 spiro atoms. The molecule has 4 heteroatoms. The van der Waals surface area contributed by atoms with E-state index in [9.17, 15) is 0 Å². The molecule has 0 fully saturated rings. The molecule has 0 saturated carbocycles. The summed E-state index contributed by atoms with van der Waals surface area (Å²) < 4.78 is -0.530. The minimum absolute atomic E-state index is 0.530. The quantitative estimate of drug-likeness (QED) is 0.307. The predicted molar refractivity (Wildman–Crippen MR) is 47.5 cm³/mol. The second kappa shape index (κ2) is 6.47. The van der Waals surface area contributed by atoms with E-state index in [4.69, 9.17) is 10.1 Å². The van der Waals surface area contributed by atoms with E-state index in [1.807, 2.05) is 36.4 Å². The molecule has 0 unspecified atom stereocenters. The van der Waals surface area contributed by atoms with Gasteiger partial charge in [-0.05, 0) is 0 Å². The Bertz CT molecular complexity index is 148. The van der Waals surface area contributed by atoms with Gasteiger partial charge in [-0.2, -0.15) is 0 Å². The number of benzene rings is 1. The average Bonchev–Trinajstić information content (AvgIpc) is 1.90. The molecule has 1 aromatic rings. The Morgan fingerprint density at radius 3 is 1.20 bits per heavy atom. The highest BCUT2D eigenvalue weighted by Gasteiger charge is 1.67. The maximum Gasteiger partial charge on any atom is 0.422 e. The van der Waals surface area contributed by atoms with Crippen molar-refractivity contribution < 1.29 is 3.14 Å². The summed E-state index contributed by atoms with van der Waals surface area (Å²) in [6.07, 6.45) is 0. The fraction of sp³-hybridized carbons (Fsp3) is 0. The van der Waals surface area contributed by atoms with Crippen molar-refractivity contribution in [2.45, 2.75) is 0 Å². The van der Waals surface area contributed by atoms with Gasteiger partial charge in [0.25, 0.3) is 0 Å². The van der Waals surface area contributed by atoms with Crippen LogP contribution in [0.25, 0.3) is 0 Å². The number of nitrogens with zero attached hydrogens (tertiary/aromatic N) is 1. The molecule has 0 radical (unpaired) electrons. The normalized spacial score (nSPS) is 7.30. The van der Waals surface area contributed by atoms with Gasteiger partial charge >= 0.3 is 22.9 Å². The summed E-state index contributed by atoms with van der Waals surface area (Å²) in [6.45, 7) is 0. The van der Waals surface area contributed by atoms with Crippen molar-refractivity contribution in [3.8, 4) is 0 Å². The van der Waals surface area contributed by atoms with E-state index < -0.39 is 3.14 Å². The lowest BCUT2D eigenvalue weighted by molar-refractivity contribution is -0.227. The minimum atomic E-state index is -0.530. The van der Waals surface area contributed by atoms with Crippen LogP contribution in [0.4, 0.5) is 0 Å². The van der Waals surface area contributed by atoms with E-state index in [1.165, 1.54) is 0 Å². The van der Waals surface area contributed by atoms with Crippen molar-refractivity contribution in [2.24, 2.45) is 0 Å². The molecule has 0 aliphatic carbocycles. The topological polar surface area (TPSA) is 43.1 Å². The highest BCUT2D eigenvalue weighted by atomic mass is 127. The summed E-state index contributed by atoms with van der Waals surface area (Å²) in [7, 11) is 0. The van der Waals surface area contributed by atoms with Crippen LogP contribution in [0.2, 0.25) is 0 Å². The molecule has 0 aliphatic rings. The minimum Gasteiger partial charge on any atom is -0.256 e. The van der Waals surface area contributed by atoms with Crippen LogP contribution in [0.5, 0.6) is 0 Å². The maximum atomic E-state index is 8.79. The number of hydrogen-bond acceptors (Lipinski definition) is 2. The van der Waals surface area contributed by atoms with E-state index in [0.717, 1.165) is 22.9 Å². The number of rotatable bonds is 0. The third-order valence-corrected chi connectivity index (χ3v) is 0.667. The molecule has 10 heavy (non-hydrogen) atoms. The summed E-state index contributed by atoms with van der Waals surface area (Å²) >= 11 is 1.07. The fourth-order valence-electron chi connectivity index (χ4n) is 0.385. The van der Waals surface area contributed by atoms with Crippen LogP contribution in [-0.4, -0.2) is 3.14 Å². The standard InChI is InChI=1S/C6H6.INO2/c1-2-4-6-5-3-1;1-2(3)4/h1-6H;. The van der Waals surface area contributed by atoms with E-state index in [-0.39, 0.29) is 0 Å². The lowest BCUT2D eigenvalue weighted by atomic mass is 10.4. The Morgan fingerprint density at radius 2 is 1.10 bits per heavy atom. The van der Waals surface area contributed by atoms with Gasteiger partial charge in [0.05, 0.1) is 3.14 Å². The second-order valence-corrected chi connectivity index (χ2v) is 2.16. The molecule has 0 N–H and O–H groups in total. The summed E-state index contributed by atoms with van der Waals surface area (Å²) in [5, 5.41) is 8.79. The number of nitro groups is 1. The number of halogens is 1. The van der Waals surface area contributed by atoms with Gasteiger partial charge in [0.1, 0.15) is 0 Å². The largest absolute Gasteiger partial charge is 0.422 e. The van der Waals surface area contributed by atoms with Crippen molar-refractivity contribution in [3.63, 3.8) is 0 Å². The molecule has 1 rings (SSSR count). The lowest BCUT2D eigenvalue weighted by Gasteiger charge is -1.69. The Kier molecular flexibility index (Phi) is 6.05. The fourth-order valence-corrected chi connectivity index (χ4v) is 0.385.